The van der Waals surface area contributed by atoms with Crippen LogP contribution in [-0.2, 0) is 0 Å². The molecule has 0 bridgehead atoms. The standard InChI is InChI=1S/C37H26N2O/c1-23-35(24(2)39(38-23)26-12-4-3-5-13-26)37-30-17-8-6-15-28(30)36(29-16-7-9-18-31(29)37)25-20-21-34-32(22-25)27-14-10-11-19-33(27)40-34/h3-22H,1-2H3. The number of nitrogens with zero attached hydrogens (tertiary/aromatic N) is 2. The molecule has 3 heteroatoms. The second-order valence-corrected chi connectivity index (χ2v) is 10.4. The molecule has 190 valence electrons. The second-order valence-electron chi connectivity index (χ2n) is 10.4. The van der Waals surface area contributed by atoms with Crippen LogP contribution in [-0.4, -0.2) is 9.78 Å². The van der Waals surface area contributed by atoms with Gasteiger partial charge in [-0.2, -0.15) is 5.10 Å². The van der Waals surface area contributed by atoms with Gasteiger partial charge in [0, 0.05) is 27.6 Å². The second kappa shape index (κ2) is 8.69. The van der Waals surface area contributed by atoms with Gasteiger partial charge in [-0.1, -0.05) is 91.0 Å². The molecule has 0 aliphatic rings. The van der Waals surface area contributed by atoms with E-state index in [1.807, 2.05) is 18.2 Å². The van der Waals surface area contributed by atoms with Crippen molar-refractivity contribution in [2.24, 2.45) is 0 Å². The molecule has 0 N–H and O–H groups in total. The molecule has 0 spiro atoms. The number of fused-ring (bicyclic) bond motifs is 5. The van der Waals surface area contributed by atoms with Gasteiger partial charge < -0.3 is 4.42 Å². The Hall–Kier alpha value is -5.15. The number of aromatic nitrogens is 2. The Morgan fingerprint density at radius 2 is 1.05 bits per heavy atom. The van der Waals surface area contributed by atoms with Gasteiger partial charge in [0.15, 0.2) is 0 Å². The SMILES string of the molecule is Cc1nn(-c2ccccc2)c(C)c1-c1c2ccccc2c(-c2ccc3oc4ccccc4c3c2)c2ccccc12. The summed E-state index contributed by atoms with van der Waals surface area (Å²) in [4.78, 5) is 0. The molecule has 40 heavy (non-hydrogen) atoms. The Bertz CT molecular complexity index is 2180. The Kier molecular flexibility index (Phi) is 4.95. The van der Waals surface area contributed by atoms with Crippen LogP contribution in [0.25, 0.3) is 71.4 Å². The molecule has 3 nitrogen and oxygen atoms in total. The highest BCUT2D eigenvalue weighted by Crippen LogP contribution is 2.46. The van der Waals surface area contributed by atoms with Gasteiger partial charge in [-0.3, -0.25) is 0 Å². The maximum atomic E-state index is 6.15. The highest BCUT2D eigenvalue weighted by atomic mass is 16.3. The molecule has 0 aliphatic carbocycles. The summed E-state index contributed by atoms with van der Waals surface area (Å²) in [7, 11) is 0. The first kappa shape index (κ1) is 22.8. The smallest absolute Gasteiger partial charge is 0.135 e. The van der Waals surface area contributed by atoms with Crippen molar-refractivity contribution in [3.8, 4) is 27.9 Å². The van der Waals surface area contributed by atoms with E-state index in [9.17, 15) is 0 Å². The van der Waals surface area contributed by atoms with Crippen LogP contribution < -0.4 is 0 Å². The van der Waals surface area contributed by atoms with Gasteiger partial charge in [0.05, 0.1) is 11.4 Å². The molecule has 0 radical (unpaired) electrons. The zero-order chi connectivity index (χ0) is 26.8. The molecule has 0 unspecified atom stereocenters. The fraction of sp³-hybridized carbons (Fsp3) is 0.0541. The lowest BCUT2D eigenvalue weighted by atomic mass is 9.85. The first-order chi connectivity index (χ1) is 19.7. The lowest BCUT2D eigenvalue weighted by Crippen LogP contribution is -1.98. The van der Waals surface area contributed by atoms with Crippen molar-refractivity contribution in [2.75, 3.05) is 0 Å². The molecular formula is C37H26N2O. The van der Waals surface area contributed by atoms with Crippen LogP contribution in [0.3, 0.4) is 0 Å². The third-order valence-corrected chi connectivity index (χ3v) is 8.14. The van der Waals surface area contributed by atoms with Gasteiger partial charge in [-0.15, -0.1) is 0 Å². The van der Waals surface area contributed by atoms with E-state index in [1.165, 1.54) is 43.8 Å². The Labute approximate surface area is 231 Å². The van der Waals surface area contributed by atoms with Gasteiger partial charge in [0.1, 0.15) is 11.2 Å². The van der Waals surface area contributed by atoms with Crippen LogP contribution in [0.2, 0.25) is 0 Å². The van der Waals surface area contributed by atoms with Gasteiger partial charge in [-0.05, 0) is 76.9 Å². The molecule has 0 saturated heterocycles. The number of para-hydroxylation sites is 2. The Morgan fingerprint density at radius 1 is 0.500 bits per heavy atom. The predicted molar refractivity (Wildman–Crippen MR) is 166 cm³/mol. The van der Waals surface area contributed by atoms with E-state index in [4.69, 9.17) is 9.52 Å². The van der Waals surface area contributed by atoms with E-state index in [0.717, 1.165) is 39.0 Å². The highest BCUT2D eigenvalue weighted by molar-refractivity contribution is 6.22. The summed E-state index contributed by atoms with van der Waals surface area (Å²) >= 11 is 0. The fourth-order valence-electron chi connectivity index (χ4n) is 6.42. The quantitative estimate of drug-likeness (QED) is 0.220. The molecule has 0 aliphatic heterocycles. The lowest BCUT2D eigenvalue weighted by molar-refractivity contribution is 0.669. The third-order valence-electron chi connectivity index (χ3n) is 8.14. The Balaban J connectivity index is 1.47. The summed E-state index contributed by atoms with van der Waals surface area (Å²) in [5.41, 5.74) is 9.92. The van der Waals surface area contributed by atoms with Crippen molar-refractivity contribution in [2.45, 2.75) is 13.8 Å². The monoisotopic (exact) mass is 514 g/mol. The summed E-state index contributed by atoms with van der Waals surface area (Å²) in [6, 6.07) is 42.8. The van der Waals surface area contributed by atoms with Crippen molar-refractivity contribution in [3.05, 3.63) is 133 Å². The minimum atomic E-state index is 0.912. The molecule has 2 aromatic heterocycles. The van der Waals surface area contributed by atoms with Crippen molar-refractivity contribution in [1.29, 1.82) is 0 Å². The van der Waals surface area contributed by atoms with Crippen LogP contribution in [0.4, 0.5) is 0 Å². The van der Waals surface area contributed by atoms with E-state index < -0.39 is 0 Å². The molecule has 0 fully saturated rings. The molecule has 6 aromatic carbocycles. The minimum absolute atomic E-state index is 0.912. The number of hydrogen-bond acceptors (Lipinski definition) is 2. The molecule has 8 rings (SSSR count). The maximum Gasteiger partial charge on any atom is 0.135 e. The van der Waals surface area contributed by atoms with Gasteiger partial charge in [0.25, 0.3) is 0 Å². The van der Waals surface area contributed by atoms with Gasteiger partial charge >= 0.3 is 0 Å². The number of benzene rings is 6. The van der Waals surface area contributed by atoms with E-state index in [1.54, 1.807) is 0 Å². The topological polar surface area (TPSA) is 31.0 Å². The van der Waals surface area contributed by atoms with Crippen molar-refractivity contribution in [1.82, 2.24) is 9.78 Å². The number of hydrogen-bond donors (Lipinski definition) is 0. The predicted octanol–water partition coefficient (Wildman–Crippen LogP) is 10.0. The Morgan fingerprint density at radius 3 is 1.73 bits per heavy atom. The highest BCUT2D eigenvalue weighted by Gasteiger charge is 2.22. The first-order valence-electron chi connectivity index (χ1n) is 13.7. The number of furan rings is 1. The number of rotatable bonds is 3. The summed E-state index contributed by atoms with van der Waals surface area (Å²) in [5, 5.41) is 12.2. The fourth-order valence-corrected chi connectivity index (χ4v) is 6.42. The van der Waals surface area contributed by atoms with Crippen molar-refractivity contribution < 1.29 is 4.42 Å². The van der Waals surface area contributed by atoms with Crippen LogP contribution in [0.5, 0.6) is 0 Å². The van der Waals surface area contributed by atoms with Gasteiger partial charge in [0.2, 0.25) is 0 Å². The normalized spacial score (nSPS) is 11.8. The largest absolute Gasteiger partial charge is 0.456 e. The number of aryl methyl sites for hydroxylation is 1. The maximum absolute atomic E-state index is 6.15. The third kappa shape index (κ3) is 3.28. The van der Waals surface area contributed by atoms with Crippen LogP contribution in [0.1, 0.15) is 11.4 Å². The molecule has 0 amide bonds. The van der Waals surface area contributed by atoms with E-state index >= 15 is 0 Å². The van der Waals surface area contributed by atoms with E-state index in [-0.39, 0.29) is 0 Å². The molecule has 8 aromatic rings. The van der Waals surface area contributed by atoms with Crippen LogP contribution in [0, 0.1) is 13.8 Å². The van der Waals surface area contributed by atoms with Crippen LogP contribution in [0.15, 0.2) is 126 Å². The lowest BCUT2D eigenvalue weighted by Gasteiger charge is -2.18. The molecule has 0 atom stereocenters. The summed E-state index contributed by atoms with van der Waals surface area (Å²) in [5.74, 6) is 0. The molecule has 2 heterocycles. The molecule has 0 saturated carbocycles. The van der Waals surface area contributed by atoms with E-state index in [0.29, 0.717) is 0 Å². The van der Waals surface area contributed by atoms with Crippen molar-refractivity contribution in [3.63, 3.8) is 0 Å². The zero-order valence-electron chi connectivity index (χ0n) is 22.3. The first-order valence-corrected chi connectivity index (χ1v) is 13.7. The van der Waals surface area contributed by atoms with Crippen LogP contribution >= 0.6 is 0 Å². The summed E-state index contributed by atoms with van der Waals surface area (Å²) < 4.78 is 8.22. The average molecular weight is 515 g/mol. The zero-order valence-corrected chi connectivity index (χ0v) is 22.3. The van der Waals surface area contributed by atoms with E-state index in [2.05, 4.69) is 122 Å². The van der Waals surface area contributed by atoms with Crippen molar-refractivity contribution >= 4 is 43.5 Å². The molecular weight excluding hydrogens is 488 g/mol. The summed E-state index contributed by atoms with van der Waals surface area (Å²) in [6.07, 6.45) is 0. The average Bonchev–Trinajstić information content (AvgIpc) is 3.52. The van der Waals surface area contributed by atoms with Gasteiger partial charge in [-0.25, -0.2) is 4.68 Å². The minimum Gasteiger partial charge on any atom is -0.456 e. The summed E-state index contributed by atoms with van der Waals surface area (Å²) in [6.45, 7) is 4.30.